The highest BCUT2D eigenvalue weighted by molar-refractivity contribution is 6.35. The number of ether oxygens (including phenoxy) is 2. The molecule has 0 aliphatic carbocycles. The smallest absolute Gasteiger partial charge is 0.353 e. The number of nitro groups is 1. The van der Waals surface area contributed by atoms with Gasteiger partial charge in [0.2, 0.25) is 11.6 Å². The zero-order chi connectivity index (χ0) is 22.4. The molecule has 1 aromatic heterocycles. The maximum Gasteiger partial charge on any atom is 0.353 e. The summed E-state index contributed by atoms with van der Waals surface area (Å²) in [6.45, 7) is 0.394. The van der Waals surface area contributed by atoms with Crippen LogP contribution in [0.3, 0.4) is 0 Å². The van der Waals surface area contributed by atoms with Crippen molar-refractivity contribution in [3.8, 4) is 11.5 Å². The molecule has 0 amide bonds. The maximum atomic E-state index is 11.7. The molecule has 0 aliphatic rings. The fourth-order valence-electron chi connectivity index (χ4n) is 2.85. The number of nitrogens with one attached hydrogen (secondary N) is 2. The third-order valence-corrected chi connectivity index (χ3v) is 4.91. The molecule has 0 radical (unpaired) electrons. The van der Waals surface area contributed by atoms with Crippen molar-refractivity contribution >= 4 is 46.2 Å². The highest BCUT2D eigenvalue weighted by Crippen LogP contribution is 2.34. The lowest BCUT2D eigenvalue weighted by Crippen LogP contribution is -2.11. The number of methoxy groups -OCH3 is 2. The quantitative estimate of drug-likeness (QED) is 0.332. The Balaban J connectivity index is 1.78. The van der Waals surface area contributed by atoms with E-state index in [1.54, 1.807) is 38.5 Å². The number of rotatable bonds is 9. The Morgan fingerprint density at radius 1 is 1.03 bits per heavy atom. The van der Waals surface area contributed by atoms with Gasteiger partial charge >= 0.3 is 5.69 Å². The van der Waals surface area contributed by atoms with E-state index in [0.29, 0.717) is 40.2 Å². The molecule has 0 bridgehead atoms. The van der Waals surface area contributed by atoms with Gasteiger partial charge in [-0.3, -0.25) is 10.1 Å². The lowest BCUT2D eigenvalue weighted by atomic mass is 10.1. The molecule has 0 saturated carbocycles. The molecule has 3 rings (SSSR count). The van der Waals surface area contributed by atoms with Crippen LogP contribution >= 0.6 is 23.2 Å². The van der Waals surface area contributed by atoms with Crippen molar-refractivity contribution in [1.29, 1.82) is 0 Å². The first-order valence-electron chi connectivity index (χ1n) is 9.09. The zero-order valence-electron chi connectivity index (χ0n) is 16.7. The lowest BCUT2D eigenvalue weighted by Gasteiger charge is -2.12. The molecule has 0 unspecified atom stereocenters. The number of hydrogen-bond donors (Lipinski definition) is 2. The van der Waals surface area contributed by atoms with Crippen LogP contribution in [-0.4, -0.2) is 35.7 Å². The van der Waals surface area contributed by atoms with Crippen LogP contribution in [0.4, 0.5) is 23.0 Å². The van der Waals surface area contributed by atoms with E-state index in [1.165, 1.54) is 6.33 Å². The molecule has 0 atom stereocenters. The van der Waals surface area contributed by atoms with Gasteiger partial charge in [-0.1, -0.05) is 29.3 Å². The minimum atomic E-state index is -0.556. The van der Waals surface area contributed by atoms with Gasteiger partial charge in [-0.15, -0.1) is 0 Å². The highest BCUT2D eigenvalue weighted by atomic mass is 35.5. The van der Waals surface area contributed by atoms with E-state index in [9.17, 15) is 10.1 Å². The Labute approximate surface area is 188 Å². The summed E-state index contributed by atoms with van der Waals surface area (Å²) in [6.07, 6.45) is 1.80. The molecule has 0 aliphatic heterocycles. The number of hydrogen-bond acceptors (Lipinski definition) is 8. The number of anilines is 3. The predicted molar refractivity (Wildman–Crippen MR) is 120 cm³/mol. The van der Waals surface area contributed by atoms with E-state index >= 15 is 0 Å². The standard InChI is InChI=1S/C20H19Cl2N5O4/c1-30-16-6-3-12(9-17(16)31-2)7-8-23-19-18(27(28)29)20(25-11-24-19)26-15-10-13(21)4-5-14(15)22/h3-6,9-11H,7-8H2,1-2H3,(H2,23,24,25,26). The summed E-state index contributed by atoms with van der Waals surface area (Å²) in [5.74, 6) is 1.32. The Morgan fingerprint density at radius 3 is 2.48 bits per heavy atom. The van der Waals surface area contributed by atoms with Gasteiger partial charge in [-0.2, -0.15) is 0 Å². The second-order valence-corrected chi connectivity index (χ2v) is 7.14. The molecular weight excluding hydrogens is 445 g/mol. The van der Waals surface area contributed by atoms with E-state index in [2.05, 4.69) is 20.6 Å². The Morgan fingerprint density at radius 2 is 1.77 bits per heavy atom. The fraction of sp³-hybridized carbons (Fsp3) is 0.200. The largest absolute Gasteiger partial charge is 0.493 e. The van der Waals surface area contributed by atoms with E-state index in [1.807, 2.05) is 12.1 Å². The summed E-state index contributed by atoms with van der Waals surface area (Å²) in [5.41, 5.74) is 1.06. The maximum absolute atomic E-state index is 11.7. The van der Waals surface area contributed by atoms with E-state index in [-0.39, 0.29) is 17.3 Å². The first-order chi connectivity index (χ1) is 14.9. The molecule has 0 fully saturated rings. The van der Waals surface area contributed by atoms with Gasteiger partial charge in [0.25, 0.3) is 0 Å². The lowest BCUT2D eigenvalue weighted by molar-refractivity contribution is -0.383. The van der Waals surface area contributed by atoms with Crippen LogP contribution in [0.25, 0.3) is 0 Å². The van der Waals surface area contributed by atoms with Crippen molar-refractivity contribution in [1.82, 2.24) is 9.97 Å². The summed E-state index contributed by atoms with van der Waals surface area (Å²) >= 11 is 12.1. The topological polar surface area (TPSA) is 111 Å². The Kier molecular flexibility index (Phi) is 7.32. The normalized spacial score (nSPS) is 10.5. The molecule has 162 valence electrons. The summed E-state index contributed by atoms with van der Waals surface area (Å²) in [5, 5.41) is 18.4. The Bertz CT molecular complexity index is 1100. The molecule has 11 heteroatoms. The summed E-state index contributed by atoms with van der Waals surface area (Å²) in [6, 6.07) is 10.3. The van der Waals surface area contributed by atoms with Gasteiger partial charge in [0.1, 0.15) is 6.33 Å². The van der Waals surface area contributed by atoms with Crippen molar-refractivity contribution in [2.75, 3.05) is 31.4 Å². The average molecular weight is 464 g/mol. The summed E-state index contributed by atoms with van der Waals surface area (Å²) < 4.78 is 10.5. The molecule has 2 aromatic carbocycles. The fourth-order valence-corrected chi connectivity index (χ4v) is 3.19. The van der Waals surface area contributed by atoms with Crippen LogP contribution in [-0.2, 0) is 6.42 Å². The van der Waals surface area contributed by atoms with Crippen LogP contribution in [0.5, 0.6) is 11.5 Å². The van der Waals surface area contributed by atoms with Gasteiger partial charge in [-0.05, 0) is 42.3 Å². The van der Waals surface area contributed by atoms with Crippen LogP contribution in [0.2, 0.25) is 10.0 Å². The first-order valence-corrected chi connectivity index (χ1v) is 9.84. The van der Waals surface area contributed by atoms with E-state index in [0.717, 1.165) is 5.56 Å². The third-order valence-electron chi connectivity index (χ3n) is 4.34. The van der Waals surface area contributed by atoms with Gasteiger partial charge in [0.15, 0.2) is 11.5 Å². The number of aromatic nitrogens is 2. The molecule has 3 aromatic rings. The van der Waals surface area contributed by atoms with Crippen LogP contribution in [0.15, 0.2) is 42.7 Å². The van der Waals surface area contributed by atoms with E-state index in [4.69, 9.17) is 32.7 Å². The van der Waals surface area contributed by atoms with Crippen LogP contribution < -0.4 is 20.1 Å². The van der Waals surface area contributed by atoms with E-state index < -0.39 is 4.92 Å². The van der Waals surface area contributed by atoms with Gasteiger partial charge in [-0.25, -0.2) is 9.97 Å². The molecular formula is C20H19Cl2N5O4. The van der Waals surface area contributed by atoms with Crippen molar-refractivity contribution < 1.29 is 14.4 Å². The molecule has 2 N–H and O–H groups in total. The molecule has 0 saturated heterocycles. The second-order valence-electron chi connectivity index (χ2n) is 6.29. The Hall–Kier alpha value is -3.30. The van der Waals surface area contributed by atoms with Crippen LogP contribution in [0, 0.1) is 10.1 Å². The average Bonchev–Trinajstić information content (AvgIpc) is 2.76. The highest BCUT2D eigenvalue weighted by Gasteiger charge is 2.23. The number of halogens is 2. The minimum absolute atomic E-state index is 0.00205. The third kappa shape index (κ3) is 5.44. The van der Waals surface area contributed by atoms with Crippen molar-refractivity contribution in [3.05, 3.63) is 68.4 Å². The summed E-state index contributed by atoms with van der Waals surface area (Å²) in [7, 11) is 3.13. The molecule has 0 spiro atoms. The SMILES string of the molecule is COc1ccc(CCNc2ncnc(Nc3cc(Cl)ccc3Cl)c2[N+](=O)[O-])cc1OC. The van der Waals surface area contributed by atoms with Gasteiger partial charge < -0.3 is 20.1 Å². The number of benzene rings is 2. The number of nitrogens with zero attached hydrogens (tertiary/aromatic N) is 3. The first kappa shape index (κ1) is 22.4. The van der Waals surface area contributed by atoms with Crippen LogP contribution in [0.1, 0.15) is 5.56 Å². The second kappa shape index (κ2) is 10.1. The van der Waals surface area contributed by atoms with Gasteiger partial charge in [0.05, 0.1) is 29.9 Å². The monoisotopic (exact) mass is 463 g/mol. The van der Waals surface area contributed by atoms with Crippen molar-refractivity contribution in [2.45, 2.75) is 6.42 Å². The molecule has 1 heterocycles. The minimum Gasteiger partial charge on any atom is -0.493 e. The molecule has 31 heavy (non-hydrogen) atoms. The summed E-state index contributed by atoms with van der Waals surface area (Å²) in [4.78, 5) is 19.2. The van der Waals surface area contributed by atoms with Gasteiger partial charge in [0, 0.05) is 11.6 Å². The zero-order valence-corrected chi connectivity index (χ0v) is 18.2. The predicted octanol–water partition coefficient (Wildman–Crippen LogP) is 5.11. The molecule has 9 nitrogen and oxygen atoms in total. The van der Waals surface area contributed by atoms with Crippen molar-refractivity contribution in [2.24, 2.45) is 0 Å². The van der Waals surface area contributed by atoms with Crippen molar-refractivity contribution in [3.63, 3.8) is 0 Å².